The molecule has 0 aliphatic heterocycles. The molecule has 0 fully saturated rings. The highest BCUT2D eigenvalue weighted by atomic mass is 79.9. The second-order valence-corrected chi connectivity index (χ2v) is 4.94. The van der Waals surface area contributed by atoms with Crippen molar-refractivity contribution in [3.05, 3.63) is 45.7 Å². The van der Waals surface area contributed by atoms with Gasteiger partial charge in [-0.1, -0.05) is 24.6 Å². The van der Waals surface area contributed by atoms with Crippen LogP contribution in [0.5, 0.6) is 0 Å². The molecule has 0 amide bonds. The van der Waals surface area contributed by atoms with E-state index in [4.69, 9.17) is 11.6 Å². The molecule has 1 heterocycles. The summed E-state index contributed by atoms with van der Waals surface area (Å²) in [7, 11) is 0. The predicted molar refractivity (Wildman–Crippen MR) is 73.7 cm³/mol. The highest BCUT2D eigenvalue weighted by Crippen LogP contribution is 2.23. The van der Waals surface area contributed by atoms with E-state index in [1.807, 2.05) is 29.1 Å². The summed E-state index contributed by atoms with van der Waals surface area (Å²) < 4.78 is 2.77. The Balaban J connectivity index is 2.42. The lowest BCUT2D eigenvalue weighted by Crippen LogP contribution is -2.14. The quantitative estimate of drug-likeness (QED) is 0.937. The molecule has 1 N–H and O–H groups in total. The summed E-state index contributed by atoms with van der Waals surface area (Å²) in [5.41, 5.74) is 2.07. The van der Waals surface area contributed by atoms with Crippen molar-refractivity contribution in [1.82, 2.24) is 15.1 Å². The first-order valence-electron chi connectivity index (χ1n) is 5.41. The van der Waals surface area contributed by atoms with Crippen molar-refractivity contribution in [1.29, 1.82) is 0 Å². The predicted octanol–water partition coefficient (Wildman–Crippen LogP) is 3.40. The molecule has 2 aromatic rings. The van der Waals surface area contributed by atoms with Crippen LogP contribution in [0.2, 0.25) is 5.02 Å². The van der Waals surface area contributed by atoms with Crippen LogP contribution in [0.25, 0.3) is 5.69 Å². The lowest BCUT2D eigenvalue weighted by molar-refractivity contribution is 0.717. The average Bonchev–Trinajstić information content (AvgIpc) is 2.74. The Hall–Kier alpha value is -0.840. The first-order chi connectivity index (χ1) is 8.22. The van der Waals surface area contributed by atoms with Crippen LogP contribution in [-0.2, 0) is 6.54 Å². The number of nitrogens with zero attached hydrogens (tertiary/aromatic N) is 2. The Bertz CT molecular complexity index is 510. The molecule has 0 saturated carbocycles. The van der Waals surface area contributed by atoms with Crippen LogP contribution in [0, 0.1) is 0 Å². The van der Waals surface area contributed by atoms with E-state index in [1.165, 1.54) is 0 Å². The summed E-state index contributed by atoms with van der Waals surface area (Å²) in [5, 5.41) is 8.32. The molecule has 0 aliphatic carbocycles. The van der Waals surface area contributed by atoms with Crippen LogP contribution in [0.15, 0.2) is 35.1 Å². The Kier molecular flexibility index (Phi) is 4.20. The van der Waals surface area contributed by atoms with Crippen LogP contribution in [0.1, 0.15) is 12.5 Å². The van der Waals surface area contributed by atoms with Gasteiger partial charge in [0.05, 0.1) is 16.4 Å². The van der Waals surface area contributed by atoms with Gasteiger partial charge in [0.2, 0.25) is 0 Å². The van der Waals surface area contributed by atoms with E-state index in [2.05, 4.69) is 33.3 Å². The average molecular weight is 315 g/mol. The van der Waals surface area contributed by atoms with Crippen LogP contribution in [-0.4, -0.2) is 16.3 Å². The third kappa shape index (κ3) is 2.89. The van der Waals surface area contributed by atoms with Crippen molar-refractivity contribution < 1.29 is 0 Å². The highest BCUT2D eigenvalue weighted by molar-refractivity contribution is 9.10. The van der Waals surface area contributed by atoms with Gasteiger partial charge in [-0.15, -0.1) is 0 Å². The van der Waals surface area contributed by atoms with Crippen molar-refractivity contribution in [3.8, 4) is 5.69 Å². The number of rotatable bonds is 4. The lowest BCUT2D eigenvalue weighted by Gasteiger charge is -2.11. The molecule has 0 atom stereocenters. The number of hydrogen-bond acceptors (Lipinski definition) is 2. The molecule has 0 unspecified atom stereocenters. The minimum atomic E-state index is 0.739. The van der Waals surface area contributed by atoms with E-state index in [1.54, 1.807) is 6.20 Å². The van der Waals surface area contributed by atoms with Crippen molar-refractivity contribution in [2.45, 2.75) is 13.5 Å². The number of benzene rings is 1. The Morgan fingerprint density at radius 2 is 2.29 bits per heavy atom. The maximum Gasteiger partial charge on any atom is 0.0705 e. The Labute approximate surface area is 114 Å². The zero-order chi connectivity index (χ0) is 12.3. The van der Waals surface area contributed by atoms with Gasteiger partial charge in [0.1, 0.15) is 0 Å². The standard InChI is InChI=1S/C12H13BrClN3/c1-2-15-7-10-11(14)4-3-5-12(10)17-8-9(13)6-16-17/h3-6,8,15H,2,7H2,1H3. The number of nitrogens with one attached hydrogen (secondary N) is 1. The topological polar surface area (TPSA) is 29.9 Å². The van der Waals surface area contributed by atoms with Crippen LogP contribution < -0.4 is 5.32 Å². The van der Waals surface area contributed by atoms with Crippen molar-refractivity contribution in [2.24, 2.45) is 0 Å². The summed E-state index contributed by atoms with van der Waals surface area (Å²) in [4.78, 5) is 0. The maximum absolute atomic E-state index is 6.23. The van der Waals surface area contributed by atoms with Crippen LogP contribution in [0.3, 0.4) is 0 Å². The van der Waals surface area contributed by atoms with Gasteiger partial charge in [-0.2, -0.15) is 5.10 Å². The third-order valence-corrected chi connectivity index (χ3v) is 3.21. The minimum absolute atomic E-state index is 0.739. The highest BCUT2D eigenvalue weighted by Gasteiger charge is 2.09. The van der Waals surface area contributed by atoms with Gasteiger partial charge in [-0.05, 0) is 34.6 Å². The van der Waals surface area contributed by atoms with E-state index in [0.29, 0.717) is 0 Å². The monoisotopic (exact) mass is 313 g/mol. The molecule has 1 aromatic carbocycles. The third-order valence-electron chi connectivity index (χ3n) is 2.44. The molecule has 1 aromatic heterocycles. The van der Waals surface area contributed by atoms with Gasteiger partial charge in [0.15, 0.2) is 0 Å². The van der Waals surface area contributed by atoms with Gasteiger partial charge in [0, 0.05) is 23.3 Å². The van der Waals surface area contributed by atoms with Crippen LogP contribution >= 0.6 is 27.5 Å². The molecule has 2 rings (SSSR count). The minimum Gasteiger partial charge on any atom is -0.313 e. The lowest BCUT2D eigenvalue weighted by atomic mass is 10.1. The summed E-state index contributed by atoms with van der Waals surface area (Å²) in [6.07, 6.45) is 3.68. The fraction of sp³-hybridized carbons (Fsp3) is 0.250. The molecular formula is C12H13BrClN3. The SMILES string of the molecule is CCNCc1c(Cl)cccc1-n1cc(Br)cn1. The molecule has 0 bridgehead atoms. The van der Waals surface area contributed by atoms with E-state index >= 15 is 0 Å². The normalized spacial score (nSPS) is 10.8. The molecule has 0 aliphatic rings. The van der Waals surface area contributed by atoms with Crippen molar-refractivity contribution in [2.75, 3.05) is 6.54 Å². The van der Waals surface area contributed by atoms with E-state index in [0.717, 1.165) is 33.8 Å². The Morgan fingerprint density at radius 3 is 2.94 bits per heavy atom. The summed E-state index contributed by atoms with van der Waals surface area (Å²) in [6.45, 7) is 3.72. The zero-order valence-corrected chi connectivity index (χ0v) is 11.8. The van der Waals surface area contributed by atoms with E-state index in [-0.39, 0.29) is 0 Å². The molecule has 5 heteroatoms. The van der Waals surface area contributed by atoms with Crippen LogP contribution in [0.4, 0.5) is 0 Å². The Morgan fingerprint density at radius 1 is 1.47 bits per heavy atom. The fourth-order valence-electron chi connectivity index (χ4n) is 1.62. The summed E-state index contributed by atoms with van der Waals surface area (Å²) >= 11 is 9.62. The second kappa shape index (κ2) is 5.67. The van der Waals surface area contributed by atoms with Crippen molar-refractivity contribution in [3.63, 3.8) is 0 Å². The molecule has 90 valence electrons. The molecular weight excluding hydrogens is 302 g/mol. The number of hydrogen-bond donors (Lipinski definition) is 1. The molecule has 0 spiro atoms. The smallest absolute Gasteiger partial charge is 0.0705 e. The first kappa shape index (κ1) is 12.6. The van der Waals surface area contributed by atoms with Gasteiger partial charge in [-0.25, -0.2) is 4.68 Å². The second-order valence-electron chi connectivity index (χ2n) is 3.62. The fourth-order valence-corrected chi connectivity index (χ4v) is 2.14. The largest absolute Gasteiger partial charge is 0.313 e. The van der Waals surface area contributed by atoms with E-state index in [9.17, 15) is 0 Å². The summed E-state index contributed by atoms with van der Waals surface area (Å²) in [5.74, 6) is 0. The molecule has 3 nitrogen and oxygen atoms in total. The molecule has 17 heavy (non-hydrogen) atoms. The van der Waals surface area contributed by atoms with E-state index < -0.39 is 0 Å². The van der Waals surface area contributed by atoms with Gasteiger partial charge in [0.25, 0.3) is 0 Å². The van der Waals surface area contributed by atoms with Gasteiger partial charge in [-0.3, -0.25) is 0 Å². The number of halogens is 2. The maximum atomic E-state index is 6.23. The van der Waals surface area contributed by atoms with Gasteiger partial charge >= 0.3 is 0 Å². The summed E-state index contributed by atoms with van der Waals surface area (Å²) in [6, 6.07) is 5.84. The molecule has 0 radical (unpaired) electrons. The van der Waals surface area contributed by atoms with Gasteiger partial charge < -0.3 is 5.32 Å². The van der Waals surface area contributed by atoms with Crippen molar-refractivity contribution >= 4 is 27.5 Å². The number of aromatic nitrogens is 2. The zero-order valence-electron chi connectivity index (χ0n) is 9.45. The molecule has 0 saturated heterocycles. The first-order valence-corrected chi connectivity index (χ1v) is 6.58.